The molecule has 19 heavy (non-hydrogen) atoms. The maximum absolute atomic E-state index is 6.09. The predicted octanol–water partition coefficient (Wildman–Crippen LogP) is 4.19. The van der Waals surface area contributed by atoms with Gasteiger partial charge in [0.05, 0.1) is 0 Å². The Kier molecular flexibility index (Phi) is 3.66. The molecule has 1 fully saturated rings. The van der Waals surface area contributed by atoms with Gasteiger partial charge in [0.1, 0.15) is 0 Å². The molecule has 1 aliphatic rings. The molecule has 2 aromatic rings. The SMILES string of the molecule is Clc1cccc(CC2(c3ccccc3Br)CNC2)c1. The number of rotatable bonds is 3. The zero-order valence-corrected chi connectivity index (χ0v) is 12.8. The molecule has 98 valence electrons. The van der Waals surface area contributed by atoms with Crippen molar-refractivity contribution in [3.63, 3.8) is 0 Å². The summed E-state index contributed by atoms with van der Waals surface area (Å²) < 4.78 is 1.19. The molecule has 1 nitrogen and oxygen atoms in total. The van der Waals surface area contributed by atoms with Gasteiger partial charge in [-0.05, 0) is 35.7 Å². The minimum Gasteiger partial charge on any atom is -0.315 e. The molecule has 0 saturated carbocycles. The smallest absolute Gasteiger partial charge is 0.0408 e. The standard InChI is InChI=1S/C16H15BrClN/c17-15-7-2-1-6-14(15)16(10-19-11-16)9-12-4-3-5-13(18)8-12/h1-8,19H,9-11H2. The first-order valence-corrected chi connectivity index (χ1v) is 7.57. The molecule has 0 amide bonds. The Labute approximate surface area is 127 Å². The molecule has 0 atom stereocenters. The van der Waals surface area contributed by atoms with Crippen molar-refractivity contribution in [2.75, 3.05) is 13.1 Å². The van der Waals surface area contributed by atoms with Crippen LogP contribution in [0.4, 0.5) is 0 Å². The van der Waals surface area contributed by atoms with E-state index in [0.717, 1.165) is 24.5 Å². The second kappa shape index (κ2) is 5.28. The third-order valence-electron chi connectivity index (χ3n) is 3.80. The maximum Gasteiger partial charge on any atom is 0.0408 e. The molecule has 1 N–H and O–H groups in total. The fourth-order valence-electron chi connectivity index (χ4n) is 2.77. The van der Waals surface area contributed by atoms with Crippen LogP contribution in [0.2, 0.25) is 5.02 Å². The molecule has 0 aromatic heterocycles. The normalized spacial score (nSPS) is 16.9. The van der Waals surface area contributed by atoms with Crippen LogP contribution in [0.15, 0.2) is 53.0 Å². The van der Waals surface area contributed by atoms with Gasteiger partial charge < -0.3 is 5.32 Å². The Morgan fingerprint density at radius 3 is 2.53 bits per heavy atom. The van der Waals surface area contributed by atoms with E-state index in [1.54, 1.807) is 0 Å². The van der Waals surface area contributed by atoms with Gasteiger partial charge in [-0.2, -0.15) is 0 Å². The van der Waals surface area contributed by atoms with Gasteiger partial charge in [-0.25, -0.2) is 0 Å². The number of nitrogens with one attached hydrogen (secondary N) is 1. The Morgan fingerprint density at radius 1 is 1.11 bits per heavy atom. The van der Waals surface area contributed by atoms with Crippen LogP contribution in [0, 0.1) is 0 Å². The highest BCUT2D eigenvalue weighted by Crippen LogP contribution is 2.37. The Balaban J connectivity index is 1.94. The van der Waals surface area contributed by atoms with E-state index in [0.29, 0.717) is 0 Å². The highest BCUT2D eigenvalue weighted by molar-refractivity contribution is 9.10. The molecule has 3 heteroatoms. The first-order valence-electron chi connectivity index (χ1n) is 6.40. The van der Waals surface area contributed by atoms with Gasteiger partial charge in [-0.1, -0.05) is 57.9 Å². The molecule has 2 aromatic carbocycles. The van der Waals surface area contributed by atoms with E-state index >= 15 is 0 Å². The molecular weight excluding hydrogens is 322 g/mol. The number of benzene rings is 2. The van der Waals surface area contributed by atoms with Crippen molar-refractivity contribution in [3.8, 4) is 0 Å². The van der Waals surface area contributed by atoms with Crippen LogP contribution in [0.3, 0.4) is 0 Å². The Hall–Kier alpha value is -0.830. The van der Waals surface area contributed by atoms with E-state index in [1.165, 1.54) is 15.6 Å². The summed E-state index contributed by atoms with van der Waals surface area (Å²) in [6.07, 6.45) is 1.02. The summed E-state index contributed by atoms with van der Waals surface area (Å²) in [5, 5.41) is 4.22. The summed E-state index contributed by atoms with van der Waals surface area (Å²) >= 11 is 9.77. The topological polar surface area (TPSA) is 12.0 Å². The monoisotopic (exact) mass is 335 g/mol. The van der Waals surface area contributed by atoms with E-state index in [2.05, 4.69) is 57.6 Å². The second-order valence-corrected chi connectivity index (χ2v) is 6.46. The van der Waals surface area contributed by atoms with Crippen LogP contribution in [0.1, 0.15) is 11.1 Å². The molecular formula is C16H15BrClN. The molecule has 3 rings (SSSR count). The van der Waals surface area contributed by atoms with Gasteiger partial charge in [-0.3, -0.25) is 0 Å². The first-order chi connectivity index (χ1) is 9.20. The number of hydrogen-bond acceptors (Lipinski definition) is 1. The average Bonchev–Trinajstić information content (AvgIpc) is 2.35. The zero-order chi connectivity index (χ0) is 13.3. The quantitative estimate of drug-likeness (QED) is 0.886. The summed E-state index contributed by atoms with van der Waals surface area (Å²) in [6.45, 7) is 2.03. The Morgan fingerprint density at radius 2 is 1.89 bits per heavy atom. The van der Waals surface area contributed by atoms with Crippen molar-refractivity contribution in [1.29, 1.82) is 0 Å². The lowest BCUT2D eigenvalue weighted by molar-refractivity contribution is 0.273. The molecule has 0 spiro atoms. The van der Waals surface area contributed by atoms with Crippen LogP contribution in [-0.2, 0) is 11.8 Å². The van der Waals surface area contributed by atoms with Crippen molar-refractivity contribution < 1.29 is 0 Å². The second-order valence-electron chi connectivity index (χ2n) is 5.17. The summed E-state index contributed by atoms with van der Waals surface area (Å²) in [4.78, 5) is 0. The maximum atomic E-state index is 6.09. The summed E-state index contributed by atoms with van der Waals surface area (Å²) in [5.41, 5.74) is 2.86. The van der Waals surface area contributed by atoms with E-state index in [1.807, 2.05) is 12.1 Å². The van der Waals surface area contributed by atoms with Crippen LogP contribution < -0.4 is 5.32 Å². The first kappa shape index (κ1) is 13.2. The molecule has 0 aliphatic carbocycles. The van der Waals surface area contributed by atoms with Crippen LogP contribution in [-0.4, -0.2) is 13.1 Å². The molecule has 0 radical (unpaired) electrons. The van der Waals surface area contributed by atoms with Crippen LogP contribution >= 0.6 is 27.5 Å². The van der Waals surface area contributed by atoms with E-state index in [-0.39, 0.29) is 5.41 Å². The summed E-state index contributed by atoms with van der Waals surface area (Å²) in [5.74, 6) is 0. The van der Waals surface area contributed by atoms with Crippen molar-refractivity contribution in [1.82, 2.24) is 5.32 Å². The van der Waals surface area contributed by atoms with Gasteiger partial charge in [0.25, 0.3) is 0 Å². The zero-order valence-electron chi connectivity index (χ0n) is 10.5. The van der Waals surface area contributed by atoms with E-state index in [9.17, 15) is 0 Å². The highest BCUT2D eigenvalue weighted by Gasteiger charge is 2.39. The predicted molar refractivity (Wildman–Crippen MR) is 83.8 cm³/mol. The molecule has 1 heterocycles. The molecule has 1 saturated heterocycles. The molecule has 0 bridgehead atoms. The van der Waals surface area contributed by atoms with Crippen LogP contribution in [0.25, 0.3) is 0 Å². The van der Waals surface area contributed by atoms with Gasteiger partial charge in [0.2, 0.25) is 0 Å². The Bertz CT molecular complexity index is 593. The molecule has 1 aliphatic heterocycles. The van der Waals surface area contributed by atoms with E-state index < -0.39 is 0 Å². The lowest BCUT2D eigenvalue weighted by Gasteiger charge is -2.44. The largest absolute Gasteiger partial charge is 0.315 e. The van der Waals surface area contributed by atoms with E-state index in [4.69, 9.17) is 11.6 Å². The lowest BCUT2D eigenvalue weighted by atomic mass is 9.71. The molecule has 0 unspecified atom stereocenters. The third-order valence-corrected chi connectivity index (χ3v) is 4.73. The minimum atomic E-state index is 0.185. The summed E-state index contributed by atoms with van der Waals surface area (Å²) in [7, 11) is 0. The fourth-order valence-corrected chi connectivity index (χ4v) is 3.68. The van der Waals surface area contributed by atoms with Crippen molar-refractivity contribution in [3.05, 3.63) is 69.2 Å². The van der Waals surface area contributed by atoms with Crippen molar-refractivity contribution in [2.45, 2.75) is 11.8 Å². The van der Waals surface area contributed by atoms with Gasteiger partial charge in [-0.15, -0.1) is 0 Å². The minimum absolute atomic E-state index is 0.185. The fraction of sp³-hybridized carbons (Fsp3) is 0.250. The van der Waals surface area contributed by atoms with Crippen LogP contribution in [0.5, 0.6) is 0 Å². The van der Waals surface area contributed by atoms with Crippen molar-refractivity contribution >= 4 is 27.5 Å². The third kappa shape index (κ3) is 2.58. The number of hydrogen-bond donors (Lipinski definition) is 1. The summed E-state index contributed by atoms with van der Waals surface area (Å²) in [6, 6.07) is 16.7. The highest BCUT2D eigenvalue weighted by atomic mass is 79.9. The average molecular weight is 337 g/mol. The lowest BCUT2D eigenvalue weighted by Crippen LogP contribution is -2.58. The number of halogens is 2. The van der Waals surface area contributed by atoms with Gasteiger partial charge >= 0.3 is 0 Å². The van der Waals surface area contributed by atoms with Gasteiger partial charge in [0, 0.05) is 28.0 Å². The van der Waals surface area contributed by atoms with Gasteiger partial charge in [0.15, 0.2) is 0 Å². The van der Waals surface area contributed by atoms with Crippen molar-refractivity contribution in [2.24, 2.45) is 0 Å².